The van der Waals surface area contributed by atoms with Gasteiger partial charge in [-0.05, 0) is 37.0 Å². The number of benzene rings is 1. The van der Waals surface area contributed by atoms with Crippen LogP contribution < -0.4 is 11.1 Å². The molecule has 0 fully saturated rings. The number of hydrogen-bond donors (Lipinski definition) is 2. The van der Waals surface area contributed by atoms with Crippen LogP contribution in [0.15, 0.2) is 24.3 Å². The average Bonchev–Trinajstić information content (AvgIpc) is 2.39. The Morgan fingerprint density at radius 3 is 2.61 bits per heavy atom. The summed E-state index contributed by atoms with van der Waals surface area (Å²) in [5.41, 5.74) is 7.83. The molecule has 1 aromatic carbocycles. The lowest BCUT2D eigenvalue weighted by Gasteiger charge is -2.12. The van der Waals surface area contributed by atoms with Crippen LogP contribution in [0, 0.1) is 0 Å². The first-order chi connectivity index (χ1) is 8.67. The zero-order valence-electron chi connectivity index (χ0n) is 11.1. The third-order valence-electron chi connectivity index (χ3n) is 2.83. The number of carbonyl (C=O) groups is 1. The summed E-state index contributed by atoms with van der Waals surface area (Å²) in [6, 6.07) is 7.33. The fourth-order valence-corrected chi connectivity index (χ4v) is 1.64. The molecule has 4 nitrogen and oxygen atoms in total. The lowest BCUT2D eigenvalue weighted by molar-refractivity contribution is -0.117. The molecule has 0 aliphatic carbocycles. The van der Waals surface area contributed by atoms with Crippen molar-refractivity contribution in [1.82, 2.24) is 0 Å². The number of anilines is 1. The van der Waals surface area contributed by atoms with Gasteiger partial charge >= 0.3 is 0 Å². The largest absolute Gasteiger partial charge is 0.385 e. The van der Waals surface area contributed by atoms with Gasteiger partial charge in [-0.15, -0.1) is 0 Å². The van der Waals surface area contributed by atoms with Gasteiger partial charge < -0.3 is 15.8 Å². The molecule has 1 aromatic rings. The highest BCUT2D eigenvalue weighted by atomic mass is 16.5. The lowest BCUT2D eigenvalue weighted by Crippen LogP contribution is -2.35. The molecule has 0 spiro atoms. The predicted octanol–water partition coefficient (Wildman–Crippen LogP) is 1.94. The van der Waals surface area contributed by atoms with Gasteiger partial charge in [0.05, 0.1) is 6.04 Å². The molecule has 0 heterocycles. The Kier molecular flexibility index (Phi) is 6.39. The molecule has 0 aromatic heterocycles. The summed E-state index contributed by atoms with van der Waals surface area (Å²) in [7, 11) is 1.64. The third-order valence-corrected chi connectivity index (χ3v) is 2.83. The first kappa shape index (κ1) is 14.7. The van der Waals surface area contributed by atoms with Crippen LogP contribution in [0.4, 0.5) is 5.69 Å². The van der Waals surface area contributed by atoms with Gasteiger partial charge in [-0.1, -0.05) is 19.1 Å². The van der Waals surface area contributed by atoms with Crippen LogP contribution in [0.1, 0.15) is 25.3 Å². The van der Waals surface area contributed by atoms with Gasteiger partial charge in [0.1, 0.15) is 0 Å². The number of hydrogen-bond acceptors (Lipinski definition) is 3. The van der Waals surface area contributed by atoms with Gasteiger partial charge in [0.15, 0.2) is 0 Å². The minimum atomic E-state index is -0.481. The summed E-state index contributed by atoms with van der Waals surface area (Å²) in [4.78, 5) is 11.8. The van der Waals surface area contributed by atoms with Gasteiger partial charge in [-0.25, -0.2) is 0 Å². The fourth-order valence-electron chi connectivity index (χ4n) is 1.64. The second kappa shape index (κ2) is 7.84. The summed E-state index contributed by atoms with van der Waals surface area (Å²) >= 11 is 0. The van der Waals surface area contributed by atoms with E-state index in [0.29, 0.717) is 13.0 Å². The number of rotatable bonds is 7. The summed E-state index contributed by atoms with van der Waals surface area (Å²) in [5, 5.41) is 2.82. The highest BCUT2D eigenvalue weighted by molar-refractivity contribution is 5.94. The molecule has 0 aliphatic rings. The van der Waals surface area contributed by atoms with Crippen LogP contribution in [0.5, 0.6) is 0 Å². The molecule has 0 bridgehead atoms. The molecule has 1 unspecified atom stereocenters. The first-order valence-electron chi connectivity index (χ1n) is 6.31. The molecule has 4 heteroatoms. The maximum absolute atomic E-state index is 11.8. The number of nitrogens with two attached hydrogens (primary N) is 1. The number of amides is 1. The van der Waals surface area contributed by atoms with Gasteiger partial charge in [-0.2, -0.15) is 0 Å². The van der Waals surface area contributed by atoms with E-state index in [9.17, 15) is 4.79 Å². The standard InChI is InChI=1S/C14H22N2O2/c1-3-11-6-8-12(9-7-11)16-14(17)13(15)5-4-10-18-2/h6-9,13H,3-5,10,15H2,1-2H3,(H,16,17). The van der Waals surface area contributed by atoms with Crippen molar-refractivity contribution >= 4 is 11.6 Å². The van der Waals surface area contributed by atoms with E-state index < -0.39 is 6.04 Å². The monoisotopic (exact) mass is 250 g/mol. The van der Waals surface area contributed by atoms with Crippen molar-refractivity contribution in [2.75, 3.05) is 19.0 Å². The van der Waals surface area contributed by atoms with Crippen LogP contribution in [0.25, 0.3) is 0 Å². The van der Waals surface area contributed by atoms with Gasteiger partial charge in [-0.3, -0.25) is 4.79 Å². The molecule has 0 saturated heterocycles. The van der Waals surface area contributed by atoms with Crippen molar-refractivity contribution in [1.29, 1.82) is 0 Å². The summed E-state index contributed by atoms with van der Waals surface area (Å²) in [5.74, 6) is -0.143. The molecular weight excluding hydrogens is 228 g/mol. The Balaban J connectivity index is 2.42. The maximum atomic E-state index is 11.8. The zero-order chi connectivity index (χ0) is 13.4. The van der Waals surface area contributed by atoms with Gasteiger partial charge in [0, 0.05) is 19.4 Å². The third kappa shape index (κ3) is 4.85. The minimum absolute atomic E-state index is 0.143. The topological polar surface area (TPSA) is 64.4 Å². The number of aryl methyl sites for hydroxylation is 1. The molecule has 0 radical (unpaired) electrons. The Morgan fingerprint density at radius 1 is 1.39 bits per heavy atom. The van der Waals surface area contributed by atoms with Gasteiger partial charge in [0.25, 0.3) is 0 Å². The molecule has 0 aliphatic heterocycles. The predicted molar refractivity (Wildman–Crippen MR) is 73.5 cm³/mol. The van der Waals surface area contributed by atoms with E-state index in [1.165, 1.54) is 5.56 Å². The Morgan fingerprint density at radius 2 is 2.06 bits per heavy atom. The lowest BCUT2D eigenvalue weighted by atomic mass is 10.1. The number of ether oxygens (including phenoxy) is 1. The van der Waals surface area contributed by atoms with E-state index in [2.05, 4.69) is 12.2 Å². The smallest absolute Gasteiger partial charge is 0.241 e. The van der Waals surface area contributed by atoms with E-state index in [4.69, 9.17) is 10.5 Å². The molecular formula is C14H22N2O2. The van der Waals surface area contributed by atoms with Crippen LogP contribution in [-0.2, 0) is 16.0 Å². The van der Waals surface area contributed by atoms with Crippen LogP contribution in [-0.4, -0.2) is 25.7 Å². The quantitative estimate of drug-likeness (QED) is 0.727. The van der Waals surface area contributed by atoms with Crippen LogP contribution >= 0.6 is 0 Å². The van der Waals surface area contributed by atoms with E-state index in [1.54, 1.807) is 7.11 Å². The first-order valence-corrected chi connectivity index (χ1v) is 6.31. The molecule has 100 valence electrons. The highest BCUT2D eigenvalue weighted by Gasteiger charge is 2.12. The normalized spacial score (nSPS) is 12.2. The van der Waals surface area contributed by atoms with E-state index >= 15 is 0 Å². The molecule has 3 N–H and O–H groups in total. The molecule has 1 amide bonds. The SMILES string of the molecule is CCc1ccc(NC(=O)C(N)CCCOC)cc1. The highest BCUT2D eigenvalue weighted by Crippen LogP contribution is 2.10. The van der Waals surface area contributed by atoms with Crippen molar-refractivity contribution in [2.24, 2.45) is 5.73 Å². The van der Waals surface area contributed by atoms with Crippen molar-refractivity contribution < 1.29 is 9.53 Å². The Hall–Kier alpha value is -1.39. The zero-order valence-corrected chi connectivity index (χ0v) is 11.1. The number of carbonyl (C=O) groups excluding carboxylic acids is 1. The van der Waals surface area contributed by atoms with Crippen molar-refractivity contribution in [3.05, 3.63) is 29.8 Å². The Labute approximate surface area is 109 Å². The summed E-state index contributed by atoms with van der Waals surface area (Å²) in [6.45, 7) is 2.73. The second-order valence-corrected chi connectivity index (χ2v) is 4.28. The molecule has 1 rings (SSSR count). The van der Waals surface area contributed by atoms with E-state index in [1.807, 2.05) is 24.3 Å². The second-order valence-electron chi connectivity index (χ2n) is 4.28. The van der Waals surface area contributed by atoms with Crippen molar-refractivity contribution in [3.8, 4) is 0 Å². The fraction of sp³-hybridized carbons (Fsp3) is 0.500. The Bertz CT molecular complexity index is 363. The van der Waals surface area contributed by atoms with Gasteiger partial charge in [0.2, 0.25) is 5.91 Å². The average molecular weight is 250 g/mol. The van der Waals surface area contributed by atoms with Crippen molar-refractivity contribution in [2.45, 2.75) is 32.2 Å². The summed E-state index contributed by atoms with van der Waals surface area (Å²) < 4.78 is 4.93. The van der Waals surface area contributed by atoms with E-state index in [-0.39, 0.29) is 5.91 Å². The number of nitrogens with one attached hydrogen (secondary N) is 1. The molecule has 18 heavy (non-hydrogen) atoms. The van der Waals surface area contributed by atoms with E-state index in [0.717, 1.165) is 18.5 Å². The molecule has 1 atom stereocenters. The maximum Gasteiger partial charge on any atom is 0.241 e. The summed E-state index contributed by atoms with van der Waals surface area (Å²) in [6.07, 6.45) is 2.41. The molecule has 0 saturated carbocycles. The van der Waals surface area contributed by atoms with Crippen LogP contribution in [0.2, 0.25) is 0 Å². The van der Waals surface area contributed by atoms with Crippen molar-refractivity contribution in [3.63, 3.8) is 0 Å². The number of methoxy groups -OCH3 is 1. The minimum Gasteiger partial charge on any atom is -0.385 e. The van der Waals surface area contributed by atoms with Crippen LogP contribution in [0.3, 0.4) is 0 Å².